The van der Waals surface area contributed by atoms with Crippen LogP contribution in [0.1, 0.15) is 11.1 Å². The highest BCUT2D eigenvalue weighted by Gasteiger charge is 2.28. The molecule has 0 heterocycles. The predicted molar refractivity (Wildman–Crippen MR) is 56.3 cm³/mol. The van der Waals surface area contributed by atoms with Crippen molar-refractivity contribution in [3.8, 4) is 0 Å². The van der Waals surface area contributed by atoms with Crippen LogP contribution in [0.25, 0.3) is 0 Å². The van der Waals surface area contributed by atoms with E-state index >= 15 is 0 Å². The van der Waals surface area contributed by atoms with Crippen molar-refractivity contribution in [3.63, 3.8) is 0 Å². The molecule has 1 atom stereocenters. The number of nitrogens with zero attached hydrogens (tertiary/aromatic N) is 1. The molecule has 0 aliphatic carbocycles. The van der Waals surface area contributed by atoms with Crippen molar-refractivity contribution in [3.05, 3.63) is 35.4 Å². The molecule has 1 rings (SSSR count). The maximum atomic E-state index is 11.4. The molecule has 0 aromatic heterocycles. The van der Waals surface area contributed by atoms with E-state index in [1.807, 2.05) is 6.92 Å². The number of hydrogen-bond donors (Lipinski definition) is 2. The van der Waals surface area contributed by atoms with Gasteiger partial charge in [0.15, 0.2) is 5.45 Å². The molecule has 0 bridgehead atoms. The minimum atomic E-state index is -4.02. The second kappa shape index (κ2) is 4.57. The van der Waals surface area contributed by atoms with Crippen molar-refractivity contribution in [2.75, 3.05) is 7.11 Å². The van der Waals surface area contributed by atoms with Crippen LogP contribution >= 0.6 is 7.60 Å². The molecule has 0 aliphatic heterocycles. The summed E-state index contributed by atoms with van der Waals surface area (Å²) in [6.45, 7) is 1.88. The van der Waals surface area contributed by atoms with Crippen LogP contribution in [0.15, 0.2) is 29.4 Å². The number of rotatable bonds is 3. The molecule has 1 aromatic rings. The second-order valence-electron chi connectivity index (χ2n) is 2.99. The highest BCUT2D eigenvalue weighted by atomic mass is 31.2. The Balaban J connectivity index is 3.16. The SMILES string of the molecule is COP(=O)(O)/C(=N/O)c1ccc(C)cc1. The zero-order valence-electron chi connectivity index (χ0n) is 8.41. The van der Waals surface area contributed by atoms with Gasteiger partial charge in [0.2, 0.25) is 0 Å². The van der Waals surface area contributed by atoms with Gasteiger partial charge in [-0.2, -0.15) is 0 Å². The topological polar surface area (TPSA) is 79.1 Å². The van der Waals surface area contributed by atoms with Crippen LogP contribution in [0.3, 0.4) is 0 Å². The molecule has 0 saturated carbocycles. The van der Waals surface area contributed by atoms with Gasteiger partial charge in [0, 0.05) is 12.7 Å². The van der Waals surface area contributed by atoms with E-state index in [4.69, 9.17) is 5.21 Å². The van der Waals surface area contributed by atoms with Crippen molar-refractivity contribution in [2.24, 2.45) is 5.16 Å². The summed E-state index contributed by atoms with van der Waals surface area (Å²) in [6.07, 6.45) is 0. The minimum absolute atomic E-state index is 0.356. The zero-order chi connectivity index (χ0) is 11.5. The Morgan fingerprint density at radius 3 is 2.33 bits per heavy atom. The summed E-state index contributed by atoms with van der Waals surface area (Å²) in [5.41, 5.74) is 1.00. The molecule has 0 amide bonds. The smallest absolute Gasteiger partial charge is 0.380 e. The van der Waals surface area contributed by atoms with E-state index in [9.17, 15) is 9.46 Å². The van der Waals surface area contributed by atoms with Crippen LogP contribution in [0.4, 0.5) is 0 Å². The number of benzene rings is 1. The molecule has 0 fully saturated rings. The van der Waals surface area contributed by atoms with Gasteiger partial charge in [-0.15, -0.1) is 0 Å². The average Bonchev–Trinajstić information content (AvgIpc) is 2.22. The Labute approximate surface area is 87.5 Å². The van der Waals surface area contributed by atoms with E-state index in [1.54, 1.807) is 24.3 Å². The molecule has 2 N–H and O–H groups in total. The minimum Gasteiger partial charge on any atom is -0.410 e. The van der Waals surface area contributed by atoms with Crippen LogP contribution in [-0.4, -0.2) is 22.7 Å². The summed E-state index contributed by atoms with van der Waals surface area (Å²) >= 11 is 0. The summed E-state index contributed by atoms with van der Waals surface area (Å²) in [5, 5.41) is 11.5. The van der Waals surface area contributed by atoms with E-state index in [0.717, 1.165) is 12.7 Å². The molecular formula is C9H12NO4P. The van der Waals surface area contributed by atoms with Crippen LogP contribution in [0, 0.1) is 6.92 Å². The molecule has 1 unspecified atom stereocenters. The maximum Gasteiger partial charge on any atom is 0.380 e. The fraction of sp³-hybridized carbons (Fsp3) is 0.222. The van der Waals surface area contributed by atoms with E-state index in [-0.39, 0.29) is 5.45 Å². The number of oxime groups is 1. The van der Waals surface area contributed by atoms with Crippen LogP contribution < -0.4 is 0 Å². The third-order valence-corrected chi connectivity index (χ3v) is 3.30. The molecule has 0 aliphatic rings. The van der Waals surface area contributed by atoms with Gasteiger partial charge in [-0.1, -0.05) is 35.0 Å². The lowest BCUT2D eigenvalue weighted by Crippen LogP contribution is -2.03. The fourth-order valence-corrected chi connectivity index (χ4v) is 1.83. The van der Waals surface area contributed by atoms with Crippen molar-refractivity contribution in [1.82, 2.24) is 0 Å². The van der Waals surface area contributed by atoms with Gasteiger partial charge < -0.3 is 14.6 Å². The van der Waals surface area contributed by atoms with Crippen molar-refractivity contribution < 1.29 is 19.2 Å². The van der Waals surface area contributed by atoms with Crippen molar-refractivity contribution in [1.29, 1.82) is 0 Å². The van der Waals surface area contributed by atoms with E-state index in [1.165, 1.54) is 0 Å². The van der Waals surface area contributed by atoms with Gasteiger partial charge in [0.05, 0.1) is 0 Å². The molecule has 15 heavy (non-hydrogen) atoms. The molecule has 0 saturated heterocycles. The molecule has 5 nitrogen and oxygen atoms in total. The van der Waals surface area contributed by atoms with Gasteiger partial charge in [-0.3, -0.25) is 4.57 Å². The molecule has 1 aromatic carbocycles. The molecule has 0 spiro atoms. The van der Waals surface area contributed by atoms with Gasteiger partial charge in [-0.05, 0) is 6.92 Å². The predicted octanol–water partition coefficient (Wildman–Crippen LogP) is 1.96. The third kappa shape index (κ3) is 2.65. The van der Waals surface area contributed by atoms with E-state index in [0.29, 0.717) is 5.56 Å². The van der Waals surface area contributed by atoms with Crippen molar-refractivity contribution >= 4 is 13.0 Å². The molecule has 0 radical (unpaired) electrons. The first-order chi connectivity index (χ1) is 7.01. The zero-order valence-corrected chi connectivity index (χ0v) is 9.31. The fourth-order valence-electron chi connectivity index (χ4n) is 1.07. The molecule has 82 valence electrons. The quantitative estimate of drug-likeness (QED) is 0.359. The monoisotopic (exact) mass is 229 g/mol. The lowest BCUT2D eigenvalue weighted by atomic mass is 10.2. The Bertz CT molecular complexity index is 413. The maximum absolute atomic E-state index is 11.4. The summed E-state index contributed by atoms with van der Waals surface area (Å²) in [6, 6.07) is 6.67. The van der Waals surface area contributed by atoms with Gasteiger partial charge in [-0.25, -0.2) is 0 Å². The third-order valence-electron chi connectivity index (χ3n) is 1.92. The first-order valence-electron chi connectivity index (χ1n) is 4.19. The van der Waals surface area contributed by atoms with E-state index < -0.39 is 7.60 Å². The lowest BCUT2D eigenvalue weighted by Gasteiger charge is -2.10. The van der Waals surface area contributed by atoms with Crippen LogP contribution in [0.5, 0.6) is 0 Å². The Morgan fingerprint density at radius 2 is 1.93 bits per heavy atom. The summed E-state index contributed by atoms with van der Waals surface area (Å²) in [7, 11) is -2.94. The Morgan fingerprint density at radius 1 is 1.40 bits per heavy atom. The Kier molecular flexibility index (Phi) is 3.63. The highest BCUT2D eigenvalue weighted by Crippen LogP contribution is 2.45. The van der Waals surface area contributed by atoms with Crippen LogP contribution in [-0.2, 0) is 9.09 Å². The number of aryl methyl sites for hydroxylation is 1. The summed E-state index contributed by atoms with van der Waals surface area (Å²) < 4.78 is 15.8. The van der Waals surface area contributed by atoms with Gasteiger partial charge >= 0.3 is 7.60 Å². The lowest BCUT2D eigenvalue weighted by molar-refractivity contribution is 0.309. The molecular weight excluding hydrogens is 217 g/mol. The average molecular weight is 229 g/mol. The first kappa shape index (κ1) is 11.9. The highest BCUT2D eigenvalue weighted by molar-refractivity contribution is 7.72. The summed E-state index contributed by atoms with van der Waals surface area (Å²) in [4.78, 5) is 9.35. The largest absolute Gasteiger partial charge is 0.410 e. The van der Waals surface area contributed by atoms with Gasteiger partial charge in [0.25, 0.3) is 0 Å². The number of hydrogen-bond acceptors (Lipinski definition) is 4. The Hall–Kier alpha value is -1.16. The first-order valence-corrected chi connectivity index (χ1v) is 5.77. The second-order valence-corrected chi connectivity index (χ2v) is 4.82. The summed E-state index contributed by atoms with van der Waals surface area (Å²) in [5.74, 6) is 0. The standard InChI is InChI=1S/C9H12NO4P/c1-7-3-5-8(6-4-7)9(10-11)15(12,13)14-2/h3-6,11H,1-2H3,(H,12,13)/b10-9+. The van der Waals surface area contributed by atoms with Crippen LogP contribution in [0.2, 0.25) is 0 Å². The molecule has 6 heteroatoms. The van der Waals surface area contributed by atoms with E-state index in [2.05, 4.69) is 9.68 Å². The van der Waals surface area contributed by atoms with Gasteiger partial charge in [0.1, 0.15) is 0 Å². The normalized spacial score (nSPS) is 16.1. The van der Waals surface area contributed by atoms with Crippen molar-refractivity contribution in [2.45, 2.75) is 6.92 Å².